The van der Waals surface area contributed by atoms with Crippen LogP contribution >= 0.6 is 0 Å². The van der Waals surface area contributed by atoms with Gasteiger partial charge in [0.25, 0.3) is 0 Å². The third-order valence-electron chi connectivity index (χ3n) is 3.43. The van der Waals surface area contributed by atoms with Crippen molar-refractivity contribution in [2.75, 3.05) is 6.54 Å². The third-order valence-corrected chi connectivity index (χ3v) is 3.43. The van der Waals surface area contributed by atoms with Crippen LogP contribution in [0.2, 0.25) is 0 Å². The first-order chi connectivity index (χ1) is 9.33. The second-order valence-corrected chi connectivity index (χ2v) is 4.80. The molecule has 5 nitrogen and oxygen atoms in total. The van der Waals surface area contributed by atoms with E-state index in [9.17, 15) is 4.79 Å². The Balaban J connectivity index is 1.58. The minimum Gasteiger partial charge on any atom is -0.347 e. The maximum Gasteiger partial charge on any atom is 0.223 e. The standard InChI is InChI=1S/C14H18N4O/c19-14(16-13-5-8-15-17-13)7-10-18-9-6-11-3-1-2-4-12(11)18/h1-4,6,9,13,15,17H,5,7-8,10H2,(H,16,19). The lowest BCUT2D eigenvalue weighted by atomic mass is 10.2. The molecule has 0 spiro atoms. The van der Waals surface area contributed by atoms with Gasteiger partial charge in [0.1, 0.15) is 0 Å². The lowest BCUT2D eigenvalue weighted by Gasteiger charge is -2.12. The summed E-state index contributed by atoms with van der Waals surface area (Å²) in [5.74, 6) is 0.0824. The fraction of sp³-hybridized carbons (Fsp3) is 0.357. The number of hydrogen-bond donors (Lipinski definition) is 3. The zero-order valence-electron chi connectivity index (χ0n) is 10.7. The third kappa shape index (κ3) is 2.77. The van der Waals surface area contributed by atoms with E-state index in [0.717, 1.165) is 13.0 Å². The summed E-state index contributed by atoms with van der Waals surface area (Å²) in [6.07, 6.45) is 3.52. The molecule has 19 heavy (non-hydrogen) atoms. The fourth-order valence-corrected chi connectivity index (χ4v) is 2.42. The van der Waals surface area contributed by atoms with Crippen LogP contribution in [0.25, 0.3) is 10.9 Å². The quantitative estimate of drug-likeness (QED) is 0.766. The normalized spacial score (nSPS) is 18.8. The van der Waals surface area contributed by atoms with Gasteiger partial charge in [-0.3, -0.25) is 10.2 Å². The molecule has 5 heteroatoms. The number of benzene rings is 1. The van der Waals surface area contributed by atoms with Crippen LogP contribution in [-0.4, -0.2) is 23.2 Å². The number of fused-ring (bicyclic) bond motifs is 1. The maximum atomic E-state index is 11.8. The van der Waals surface area contributed by atoms with E-state index < -0.39 is 0 Å². The number of nitrogens with one attached hydrogen (secondary N) is 3. The Hall–Kier alpha value is -1.85. The molecule has 2 heterocycles. The highest BCUT2D eigenvalue weighted by molar-refractivity contribution is 5.80. The summed E-state index contributed by atoms with van der Waals surface area (Å²) >= 11 is 0. The van der Waals surface area contributed by atoms with Gasteiger partial charge >= 0.3 is 0 Å². The SMILES string of the molecule is O=C(CCn1ccc2ccccc21)NC1CCNN1. The van der Waals surface area contributed by atoms with Crippen molar-refractivity contribution in [3.05, 3.63) is 36.5 Å². The van der Waals surface area contributed by atoms with Crippen LogP contribution in [0, 0.1) is 0 Å². The molecule has 1 amide bonds. The molecule has 0 bridgehead atoms. The molecule has 1 saturated heterocycles. The molecule has 1 aromatic carbocycles. The predicted octanol–water partition coefficient (Wildman–Crippen LogP) is 0.972. The maximum absolute atomic E-state index is 11.8. The van der Waals surface area contributed by atoms with Crippen molar-refractivity contribution in [1.29, 1.82) is 0 Å². The number of carbonyl (C=O) groups is 1. The van der Waals surface area contributed by atoms with Crippen molar-refractivity contribution in [2.24, 2.45) is 0 Å². The van der Waals surface area contributed by atoms with E-state index in [4.69, 9.17) is 0 Å². The minimum atomic E-state index is 0.0638. The van der Waals surface area contributed by atoms with Crippen molar-refractivity contribution < 1.29 is 4.79 Å². The highest BCUT2D eigenvalue weighted by Crippen LogP contribution is 2.15. The van der Waals surface area contributed by atoms with E-state index >= 15 is 0 Å². The van der Waals surface area contributed by atoms with Gasteiger partial charge in [0.2, 0.25) is 5.91 Å². The van der Waals surface area contributed by atoms with Crippen LogP contribution < -0.4 is 16.2 Å². The molecule has 0 radical (unpaired) electrons. The van der Waals surface area contributed by atoms with Crippen molar-refractivity contribution in [1.82, 2.24) is 20.7 Å². The first-order valence-electron chi connectivity index (χ1n) is 6.64. The summed E-state index contributed by atoms with van der Waals surface area (Å²) in [4.78, 5) is 11.8. The number of hydrazine groups is 1. The molecule has 1 fully saturated rings. The lowest BCUT2D eigenvalue weighted by Crippen LogP contribution is -2.44. The predicted molar refractivity (Wildman–Crippen MR) is 74.2 cm³/mol. The average molecular weight is 258 g/mol. The van der Waals surface area contributed by atoms with Crippen molar-refractivity contribution in [2.45, 2.75) is 25.6 Å². The van der Waals surface area contributed by atoms with Crippen molar-refractivity contribution in [3.8, 4) is 0 Å². The molecule has 1 aliphatic heterocycles. The number of para-hydroxylation sites is 1. The zero-order chi connectivity index (χ0) is 13.1. The summed E-state index contributed by atoms with van der Waals surface area (Å²) in [6.45, 7) is 1.60. The molecule has 1 aliphatic rings. The van der Waals surface area contributed by atoms with Crippen LogP contribution in [0.4, 0.5) is 0 Å². The van der Waals surface area contributed by atoms with E-state index in [1.165, 1.54) is 10.9 Å². The number of nitrogens with zero attached hydrogens (tertiary/aromatic N) is 1. The van der Waals surface area contributed by atoms with Gasteiger partial charge in [-0.15, -0.1) is 0 Å². The first-order valence-corrected chi connectivity index (χ1v) is 6.64. The van der Waals surface area contributed by atoms with Gasteiger partial charge in [-0.2, -0.15) is 0 Å². The van der Waals surface area contributed by atoms with E-state index in [1.54, 1.807) is 0 Å². The number of hydrogen-bond acceptors (Lipinski definition) is 3. The van der Waals surface area contributed by atoms with Crippen LogP contribution in [-0.2, 0) is 11.3 Å². The Morgan fingerprint density at radius 2 is 2.26 bits per heavy atom. The van der Waals surface area contributed by atoms with E-state index in [0.29, 0.717) is 13.0 Å². The molecule has 1 aromatic heterocycles. The van der Waals surface area contributed by atoms with E-state index in [-0.39, 0.29) is 12.1 Å². The van der Waals surface area contributed by atoms with Gasteiger partial charge in [0, 0.05) is 31.2 Å². The smallest absolute Gasteiger partial charge is 0.223 e. The summed E-state index contributed by atoms with van der Waals surface area (Å²) in [5, 5.41) is 4.18. The molecule has 1 unspecified atom stereocenters. The number of amides is 1. The Morgan fingerprint density at radius 3 is 3.11 bits per heavy atom. The fourth-order valence-electron chi connectivity index (χ4n) is 2.42. The Labute approximate surface area is 111 Å². The monoisotopic (exact) mass is 258 g/mol. The zero-order valence-corrected chi connectivity index (χ0v) is 10.7. The lowest BCUT2D eigenvalue weighted by molar-refractivity contribution is -0.122. The number of aromatic nitrogens is 1. The molecule has 3 rings (SSSR count). The summed E-state index contributed by atoms with van der Waals surface area (Å²) in [7, 11) is 0. The molecule has 0 saturated carbocycles. The van der Waals surface area contributed by atoms with Crippen LogP contribution in [0.15, 0.2) is 36.5 Å². The molecule has 100 valence electrons. The largest absolute Gasteiger partial charge is 0.347 e. The van der Waals surface area contributed by atoms with Gasteiger partial charge in [-0.25, -0.2) is 5.43 Å². The van der Waals surface area contributed by atoms with Gasteiger partial charge in [-0.05, 0) is 23.9 Å². The van der Waals surface area contributed by atoms with Gasteiger partial charge in [0.05, 0.1) is 6.17 Å². The summed E-state index contributed by atoms with van der Waals surface area (Å²) in [5.41, 5.74) is 7.20. The molecular weight excluding hydrogens is 240 g/mol. The Kier molecular flexibility index (Phi) is 3.48. The second-order valence-electron chi connectivity index (χ2n) is 4.80. The summed E-state index contributed by atoms with van der Waals surface area (Å²) < 4.78 is 2.12. The highest BCUT2D eigenvalue weighted by atomic mass is 16.1. The van der Waals surface area contributed by atoms with Gasteiger partial charge in [0.15, 0.2) is 0 Å². The van der Waals surface area contributed by atoms with Crippen molar-refractivity contribution in [3.63, 3.8) is 0 Å². The van der Waals surface area contributed by atoms with Gasteiger partial charge < -0.3 is 9.88 Å². The molecular formula is C14H18N4O. The second kappa shape index (κ2) is 5.42. The minimum absolute atomic E-state index is 0.0638. The Morgan fingerprint density at radius 1 is 1.37 bits per heavy atom. The molecule has 1 atom stereocenters. The highest BCUT2D eigenvalue weighted by Gasteiger charge is 2.15. The molecule has 0 aliphatic carbocycles. The van der Waals surface area contributed by atoms with Crippen LogP contribution in [0.5, 0.6) is 0 Å². The van der Waals surface area contributed by atoms with Gasteiger partial charge in [-0.1, -0.05) is 18.2 Å². The van der Waals surface area contributed by atoms with Crippen molar-refractivity contribution >= 4 is 16.8 Å². The van der Waals surface area contributed by atoms with E-state index in [2.05, 4.69) is 38.9 Å². The number of rotatable bonds is 4. The number of carbonyl (C=O) groups excluding carboxylic acids is 1. The average Bonchev–Trinajstić information content (AvgIpc) is 3.05. The number of aryl methyl sites for hydroxylation is 1. The summed E-state index contributed by atoms with van der Waals surface area (Å²) in [6, 6.07) is 10.3. The van der Waals surface area contributed by atoms with Crippen LogP contribution in [0.1, 0.15) is 12.8 Å². The molecule has 3 N–H and O–H groups in total. The Bertz CT molecular complexity index is 572. The first kappa shape index (κ1) is 12.2. The van der Waals surface area contributed by atoms with Crippen LogP contribution in [0.3, 0.4) is 0 Å². The van der Waals surface area contributed by atoms with E-state index in [1.807, 2.05) is 18.3 Å². The molecule has 2 aromatic rings. The topological polar surface area (TPSA) is 58.1 Å².